The molecule has 0 unspecified atom stereocenters. The molecule has 0 bridgehead atoms. The van der Waals surface area contributed by atoms with Gasteiger partial charge in [0.15, 0.2) is 18.0 Å². The molecule has 0 saturated carbocycles. The van der Waals surface area contributed by atoms with Crippen LogP contribution in [0.25, 0.3) is 0 Å². The minimum Gasteiger partial charge on any atom is -0.508 e. The zero-order chi connectivity index (χ0) is 13.4. The summed E-state index contributed by atoms with van der Waals surface area (Å²) >= 11 is 0. The van der Waals surface area contributed by atoms with Gasteiger partial charge in [0.25, 0.3) is 0 Å². The summed E-state index contributed by atoms with van der Waals surface area (Å²) in [5, 5.41) is 19.5. The third kappa shape index (κ3) is 1.96. The van der Waals surface area contributed by atoms with Gasteiger partial charge in [0.2, 0.25) is 0 Å². The molecule has 2 aromatic carbocycles. The zero-order valence-corrected chi connectivity index (χ0v) is 9.98. The Labute approximate surface area is 109 Å². The Morgan fingerprint density at radius 3 is 2.53 bits per heavy atom. The molecular formula is C15H12O4. The predicted molar refractivity (Wildman–Crippen MR) is 68.3 cm³/mol. The van der Waals surface area contributed by atoms with Crippen LogP contribution >= 0.6 is 0 Å². The number of phenols is 1. The van der Waals surface area contributed by atoms with Crippen molar-refractivity contribution in [2.75, 3.05) is 0 Å². The second-order valence-corrected chi connectivity index (χ2v) is 4.44. The maximum atomic E-state index is 12.1. The summed E-state index contributed by atoms with van der Waals surface area (Å²) in [5.74, 6) is -0.0750. The lowest BCUT2D eigenvalue weighted by molar-refractivity contribution is 0.0215. The Balaban J connectivity index is 2.05. The first-order valence-electron chi connectivity index (χ1n) is 5.94. The third-order valence-corrected chi connectivity index (χ3v) is 3.17. The number of aromatic hydroxyl groups is 1. The number of ketones is 1. The van der Waals surface area contributed by atoms with E-state index in [-0.39, 0.29) is 11.3 Å². The molecule has 1 aliphatic heterocycles. The van der Waals surface area contributed by atoms with Crippen molar-refractivity contribution in [1.29, 1.82) is 0 Å². The summed E-state index contributed by atoms with van der Waals surface area (Å²) in [6.45, 7) is 0. The van der Waals surface area contributed by atoms with Gasteiger partial charge in [0.05, 0.1) is 5.56 Å². The highest BCUT2D eigenvalue weighted by Gasteiger charge is 2.36. The quantitative estimate of drug-likeness (QED) is 0.819. The average Bonchev–Trinajstić information content (AvgIpc) is 2.43. The molecule has 4 heteroatoms. The average molecular weight is 256 g/mol. The molecule has 96 valence electrons. The smallest absolute Gasteiger partial charge is 0.199 e. The van der Waals surface area contributed by atoms with E-state index in [1.807, 2.05) is 18.2 Å². The van der Waals surface area contributed by atoms with E-state index in [9.17, 15) is 15.0 Å². The van der Waals surface area contributed by atoms with Gasteiger partial charge in [-0.15, -0.1) is 0 Å². The molecular weight excluding hydrogens is 244 g/mol. The van der Waals surface area contributed by atoms with E-state index in [1.165, 1.54) is 18.2 Å². The number of benzene rings is 2. The first-order valence-corrected chi connectivity index (χ1v) is 5.94. The summed E-state index contributed by atoms with van der Waals surface area (Å²) in [4.78, 5) is 12.1. The van der Waals surface area contributed by atoms with Crippen molar-refractivity contribution in [1.82, 2.24) is 0 Å². The summed E-state index contributed by atoms with van der Waals surface area (Å²) < 4.78 is 5.65. The van der Waals surface area contributed by atoms with Crippen molar-refractivity contribution in [2.24, 2.45) is 0 Å². The molecule has 1 aliphatic rings. The van der Waals surface area contributed by atoms with E-state index in [0.717, 1.165) is 5.56 Å². The van der Waals surface area contributed by atoms with Crippen LogP contribution in [0.2, 0.25) is 0 Å². The minimum atomic E-state index is -1.24. The molecule has 3 rings (SSSR count). The third-order valence-electron chi connectivity index (χ3n) is 3.17. The van der Waals surface area contributed by atoms with Crippen molar-refractivity contribution in [3.63, 3.8) is 0 Å². The molecule has 19 heavy (non-hydrogen) atoms. The zero-order valence-electron chi connectivity index (χ0n) is 9.98. The van der Waals surface area contributed by atoms with E-state index in [4.69, 9.17) is 4.74 Å². The standard InChI is InChI=1S/C15H12O4/c16-10-6-7-11-12(8-10)19-15(14(18)13(11)17)9-4-2-1-3-5-9/h1-8,14-16,18H/t14-,15-/m0/s1. The van der Waals surface area contributed by atoms with Crippen LogP contribution < -0.4 is 4.74 Å². The number of hydrogen-bond acceptors (Lipinski definition) is 4. The van der Waals surface area contributed by atoms with Gasteiger partial charge in [0.1, 0.15) is 11.5 Å². The number of aliphatic hydroxyl groups excluding tert-OH is 1. The van der Waals surface area contributed by atoms with Crippen LogP contribution in [0.1, 0.15) is 22.0 Å². The number of Topliss-reactive ketones (excluding diaryl/α,β-unsaturated/α-hetero) is 1. The molecule has 0 radical (unpaired) electrons. The van der Waals surface area contributed by atoms with Crippen LogP contribution in [0, 0.1) is 0 Å². The number of ether oxygens (including phenoxy) is 1. The summed E-state index contributed by atoms with van der Waals surface area (Å²) in [6, 6.07) is 13.3. The van der Waals surface area contributed by atoms with Gasteiger partial charge in [0, 0.05) is 6.07 Å². The molecule has 2 N–H and O–H groups in total. The van der Waals surface area contributed by atoms with Crippen LogP contribution in [-0.2, 0) is 0 Å². The van der Waals surface area contributed by atoms with E-state index in [1.54, 1.807) is 12.1 Å². The van der Waals surface area contributed by atoms with Gasteiger partial charge in [-0.25, -0.2) is 0 Å². The van der Waals surface area contributed by atoms with Crippen LogP contribution in [0.15, 0.2) is 48.5 Å². The summed E-state index contributed by atoms with van der Waals surface area (Å²) in [6.07, 6.45) is -1.98. The number of hydrogen-bond donors (Lipinski definition) is 2. The van der Waals surface area contributed by atoms with Gasteiger partial charge in [-0.05, 0) is 17.7 Å². The summed E-state index contributed by atoms with van der Waals surface area (Å²) in [7, 11) is 0. The number of aliphatic hydroxyl groups is 1. The lowest BCUT2D eigenvalue weighted by Crippen LogP contribution is -2.36. The van der Waals surface area contributed by atoms with Crippen molar-refractivity contribution < 1.29 is 19.7 Å². The number of phenolic OH excluding ortho intramolecular Hbond substituents is 1. The highest BCUT2D eigenvalue weighted by molar-refractivity contribution is 6.03. The Hall–Kier alpha value is -2.33. The van der Waals surface area contributed by atoms with Crippen LogP contribution in [0.3, 0.4) is 0 Å². The molecule has 4 nitrogen and oxygen atoms in total. The highest BCUT2D eigenvalue weighted by atomic mass is 16.5. The van der Waals surface area contributed by atoms with Gasteiger partial charge >= 0.3 is 0 Å². The Morgan fingerprint density at radius 1 is 1.05 bits per heavy atom. The first-order chi connectivity index (χ1) is 9.16. The van der Waals surface area contributed by atoms with Crippen LogP contribution in [0.5, 0.6) is 11.5 Å². The van der Waals surface area contributed by atoms with Crippen LogP contribution in [-0.4, -0.2) is 22.1 Å². The Morgan fingerprint density at radius 2 is 1.79 bits per heavy atom. The molecule has 0 fully saturated rings. The normalized spacial score (nSPS) is 21.6. The molecule has 0 aliphatic carbocycles. The monoisotopic (exact) mass is 256 g/mol. The topological polar surface area (TPSA) is 66.8 Å². The molecule has 0 saturated heterocycles. The number of carbonyl (C=O) groups is 1. The molecule has 0 spiro atoms. The van der Waals surface area contributed by atoms with Gasteiger partial charge in [-0.2, -0.15) is 0 Å². The predicted octanol–water partition coefficient (Wildman–Crippen LogP) is 2.07. The Bertz CT molecular complexity index is 621. The number of carbonyl (C=O) groups excluding carboxylic acids is 1. The summed E-state index contributed by atoms with van der Waals surface area (Å²) in [5.41, 5.74) is 1.01. The fourth-order valence-electron chi connectivity index (χ4n) is 2.20. The first kappa shape index (κ1) is 11.7. The molecule has 2 aromatic rings. The van der Waals surface area contributed by atoms with E-state index < -0.39 is 18.0 Å². The largest absolute Gasteiger partial charge is 0.508 e. The van der Waals surface area contributed by atoms with Gasteiger partial charge in [-0.3, -0.25) is 4.79 Å². The fourth-order valence-corrected chi connectivity index (χ4v) is 2.20. The molecule has 0 aromatic heterocycles. The van der Waals surface area contributed by atoms with Crippen molar-refractivity contribution >= 4 is 5.78 Å². The lowest BCUT2D eigenvalue weighted by Gasteiger charge is -2.29. The second kappa shape index (κ2) is 4.40. The number of fused-ring (bicyclic) bond motifs is 1. The van der Waals surface area contributed by atoms with Crippen LogP contribution in [0.4, 0.5) is 0 Å². The highest BCUT2D eigenvalue weighted by Crippen LogP contribution is 2.36. The van der Waals surface area contributed by atoms with Crippen molar-refractivity contribution in [2.45, 2.75) is 12.2 Å². The van der Waals surface area contributed by atoms with Crippen molar-refractivity contribution in [3.05, 3.63) is 59.7 Å². The second-order valence-electron chi connectivity index (χ2n) is 4.44. The van der Waals surface area contributed by atoms with E-state index >= 15 is 0 Å². The van der Waals surface area contributed by atoms with Gasteiger partial charge in [-0.1, -0.05) is 30.3 Å². The van der Waals surface area contributed by atoms with E-state index in [0.29, 0.717) is 5.75 Å². The van der Waals surface area contributed by atoms with Gasteiger partial charge < -0.3 is 14.9 Å². The molecule has 0 amide bonds. The fraction of sp³-hybridized carbons (Fsp3) is 0.133. The maximum Gasteiger partial charge on any atom is 0.199 e. The SMILES string of the molecule is O=C1c2ccc(O)cc2O[C@@H](c2ccccc2)[C@H]1O. The lowest BCUT2D eigenvalue weighted by atomic mass is 9.93. The minimum absolute atomic E-state index is 0.0229. The molecule has 1 heterocycles. The Kier molecular flexibility index (Phi) is 2.72. The maximum absolute atomic E-state index is 12.1. The molecule has 2 atom stereocenters. The number of rotatable bonds is 1. The van der Waals surface area contributed by atoms with Crippen molar-refractivity contribution in [3.8, 4) is 11.5 Å². The van der Waals surface area contributed by atoms with E-state index in [2.05, 4.69) is 0 Å².